The summed E-state index contributed by atoms with van der Waals surface area (Å²) in [5, 5.41) is 2.68. The van der Waals surface area contributed by atoms with E-state index < -0.39 is 15.9 Å². The Bertz CT molecular complexity index is 947. The second-order valence-corrected chi connectivity index (χ2v) is 9.53. The van der Waals surface area contributed by atoms with Crippen LogP contribution in [0.1, 0.15) is 43.1 Å². The van der Waals surface area contributed by atoms with Gasteiger partial charge in [-0.3, -0.25) is 9.78 Å². The Morgan fingerprint density at radius 3 is 2.54 bits per heavy atom. The molecule has 1 amide bonds. The molecule has 1 aromatic heterocycles. The minimum absolute atomic E-state index is 0.0728. The fourth-order valence-electron chi connectivity index (χ4n) is 4.64. The quantitative estimate of drug-likeness (QED) is 0.776. The van der Waals surface area contributed by atoms with E-state index in [1.165, 1.54) is 50.0 Å². The molecular formula is C20H24N4O3S. The highest BCUT2D eigenvalue weighted by Gasteiger charge is 2.42. The number of hydrogen-bond acceptors (Lipinski definition) is 5. The molecule has 0 saturated heterocycles. The topological polar surface area (TPSA) is 101 Å². The van der Waals surface area contributed by atoms with Crippen molar-refractivity contribution in [2.75, 3.05) is 5.32 Å². The van der Waals surface area contributed by atoms with E-state index in [1.807, 2.05) is 6.92 Å². The molecule has 0 aliphatic heterocycles. The van der Waals surface area contributed by atoms with E-state index in [9.17, 15) is 13.2 Å². The van der Waals surface area contributed by atoms with Crippen LogP contribution >= 0.6 is 0 Å². The minimum Gasteiger partial charge on any atom is -0.321 e. The van der Waals surface area contributed by atoms with Gasteiger partial charge in [-0.15, -0.1) is 0 Å². The van der Waals surface area contributed by atoms with Gasteiger partial charge in [0.1, 0.15) is 5.69 Å². The summed E-state index contributed by atoms with van der Waals surface area (Å²) in [7, 11) is -3.60. The molecule has 4 atom stereocenters. The summed E-state index contributed by atoms with van der Waals surface area (Å²) in [5.41, 5.74) is 0.691. The van der Waals surface area contributed by atoms with Crippen LogP contribution in [0.4, 0.5) is 5.69 Å². The van der Waals surface area contributed by atoms with Crippen LogP contribution in [0.5, 0.6) is 0 Å². The van der Waals surface area contributed by atoms with Crippen LogP contribution in [-0.2, 0) is 10.0 Å². The first-order valence-corrected chi connectivity index (χ1v) is 11.1. The standard InChI is InChI=1S/C20H24N4O3S/c1-13(18-11-14-2-3-15(18)10-14)24-28(26,27)17-6-4-16(5-7-17)23-20(25)19-12-21-8-9-22-19/h4-9,12-15,18,24H,2-3,10-11H2,1H3,(H,23,25)/t13-,14+,15+,18+/m1/s1. The molecule has 2 fully saturated rings. The lowest BCUT2D eigenvalue weighted by atomic mass is 9.84. The van der Waals surface area contributed by atoms with Gasteiger partial charge in [0, 0.05) is 24.1 Å². The maximum absolute atomic E-state index is 12.7. The number of sulfonamides is 1. The van der Waals surface area contributed by atoms with Crippen LogP contribution in [0.2, 0.25) is 0 Å². The predicted molar refractivity (Wildman–Crippen MR) is 105 cm³/mol. The zero-order valence-electron chi connectivity index (χ0n) is 15.7. The van der Waals surface area contributed by atoms with Gasteiger partial charge in [-0.05, 0) is 68.2 Å². The van der Waals surface area contributed by atoms with Gasteiger partial charge in [0.25, 0.3) is 5.91 Å². The first-order valence-electron chi connectivity index (χ1n) is 9.62. The summed E-state index contributed by atoms with van der Waals surface area (Å²) >= 11 is 0. The summed E-state index contributed by atoms with van der Waals surface area (Å²) in [5.74, 6) is 1.46. The van der Waals surface area contributed by atoms with E-state index in [0.717, 1.165) is 12.3 Å². The molecule has 148 valence electrons. The molecule has 2 aromatic rings. The molecule has 2 aliphatic rings. The third kappa shape index (κ3) is 3.93. The molecule has 7 nitrogen and oxygen atoms in total. The number of nitrogens with zero attached hydrogens (tertiary/aromatic N) is 2. The number of rotatable bonds is 6. The number of fused-ring (bicyclic) bond motifs is 2. The number of nitrogens with one attached hydrogen (secondary N) is 2. The predicted octanol–water partition coefficient (Wildman–Crippen LogP) is 2.83. The number of anilines is 1. The second kappa shape index (κ2) is 7.60. The van der Waals surface area contributed by atoms with Crippen molar-refractivity contribution in [2.45, 2.75) is 43.5 Å². The molecule has 2 N–H and O–H groups in total. The van der Waals surface area contributed by atoms with Crippen molar-refractivity contribution in [3.8, 4) is 0 Å². The van der Waals surface area contributed by atoms with Gasteiger partial charge in [-0.2, -0.15) is 0 Å². The van der Waals surface area contributed by atoms with Crippen molar-refractivity contribution in [3.63, 3.8) is 0 Å². The van der Waals surface area contributed by atoms with Crippen LogP contribution < -0.4 is 10.0 Å². The molecule has 8 heteroatoms. The van der Waals surface area contributed by atoms with Crippen LogP contribution in [0.15, 0.2) is 47.8 Å². The van der Waals surface area contributed by atoms with Gasteiger partial charge in [0.05, 0.1) is 11.1 Å². The van der Waals surface area contributed by atoms with Gasteiger partial charge < -0.3 is 5.32 Å². The van der Waals surface area contributed by atoms with Gasteiger partial charge in [-0.1, -0.05) is 6.42 Å². The molecule has 1 heterocycles. The molecule has 2 aliphatic carbocycles. The Hall–Kier alpha value is -2.32. The monoisotopic (exact) mass is 400 g/mol. The fraction of sp³-hybridized carbons (Fsp3) is 0.450. The lowest BCUT2D eigenvalue weighted by Gasteiger charge is -2.28. The van der Waals surface area contributed by atoms with Gasteiger partial charge >= 0.3 is 0 Å². The van der Waals surface area contributed by atoms with Crippen LogP contribution in [-0.4, -0.2) is 30.3 Å². The van der Waals surface area contributed by atoms with Gasteiger partial charge in [0.2, 0.25) is 10.0 Å². The van der Waals surface area contributed by atoms with Crippen molar-refractivity contribution in [3.05, 3.63) is 48.5 Å². The molecule has 0 spiro atoms. The summed E-state index contributed by atoms with van der Waals surface area (Å²) in [4.78, 5) is 20.1. The van der Waals surface area contributed by atoms with E-state index in [0.29, 0.717) is 17.5 Å². The van der Waals surface area contributed by atoms with Crippen molar-refractivity contribution < 1.29 is 13.2 Å². The largest absolute Gasteiger partial charge is 0.321 e. The third-order valence-electron chi connectivity index (χ3n) is 5.99. The van der Waals surface area contributed by atoms with Crippen molar-refractivity contribution in [1.82, 2.24) is 14.7 Å². The Morgan fingerprint density at radius 2 is 1.93 bits per heavy atom. The normalized spacial score (nSPS) is 24.8. The maximum Gasteiger partial charge on any atom is 0.275 e. The number of carbonyl (C=O) groups is 1. The lowest BCUT2D eigenvalue weighted by molar-refractivity contribution is 0.102. The van der Waals surface area contributed by atoms with Crippen LogP contribution in [0.25, 0.3) is 0 Å². The average molecular weight is 401 g/mol. The number of hydrogen-bond donors (Lipinski definition) is 2. The van der Waals surface area contributed by atoms with Crippen molar-refractivity contribution in [1.29, 1.82) is 0 Å². The highest BCUT2D eigenvalue weighted by molar-refractivity contribution is 7.89. The Morgan fingerprint density at radius 1 is 1.14 bits per heavy atom. The smallest absolute Gasteiger partial charge is 0.275 e. The summed E-state index contributed by atoms with van der Waals surface area (Å²) in [6.07, 6.45) is 9.19. The SMILES string of the molecule is C[C@@H](NS(=O)(=O)c1ccc(NC(=O)c2cnccn2)cc1)[C@@H]1C[C@H]2CC[C@H]1C2. The first kappa shape index (κ1) is 19.0. The maximum atomic E-state index is 12.7. The molecular weight excluding hydrogens is 376 g/mol. The highest BCUT2D eigenvalue weighted by Crippen LogP contribution is 2.49. The van der Waals surface area contributed by atoms with E-state index in [1.54, 1.807) is 12.1 Å². The van der Waals surface area contributed by atoms with E-state index in [-0.39, 0.29) is 16.6 Å². The molecule has 28 heavy (non-hydrogen) atoms. The summed E-state index contributed by atoms with van der Waals surface area (Å²) in [6.45, 7) is 1.97. The molecule has 4 rings (SSSR count). The Kier molecular flexibility index (Phi) is 5.16. The molecule has 2 saturated carbocycles. The van der Waals surface area contributed by atoms with E-state index in [4.69, 9.17) is 0 Å². The van der Waals surface area contributed by atoms with E-state index in [2.05, 4.69) is 20.0 Å². The molecule has 1 aromatic carbocycles. The highest BCUT2D eigenvalue weighted by atomic mass is 32.2. The molecule has 0 unspecified atom stereocenters. The van der Waals surface area contributed by atoms with E-state index >= 15 is 0 Å². The van der Waals surface area contributed by atoms with Gasteiger partial charge in [-0.25, -0.2) is 18.1 Å². The number of amides is 1. The second-order valence-electron chi connectivity index (χ2n) is 7.82. The summed E-state index contributed by atoms with van der Waals surface area (Å²) < 4.78 is 28.3. The molecule has 2 bridgehead atoms. The Labute approximate surface area is 165 Å². The van der Waals surface area contributed by atoms with Crippen molar-refractivity contribution in [2.24, 2.45) is 17.8 Å². The Balaban J connectivity index is 1.40. The lowest BCUT2D eigenvalue weighted by Crippen LogP contribution is -2.40. The zero-order valence-corrected chi connectivity index (χ0v) is 16.5. The average Bonchev–Trinajstić information content (AvgIpc) is 3.32. The zero-order chi connectivity index (χ0) is 19.7. The van der Waals surface area contributed by atoms with Crippen LogP contribution in [0.3, 0.4) is 0 Å². The fourth-order valence-corrected chi connectivity index (χ4v) is 5.93. The number of carbonyl (C=O) groups excluding carboxylic acids is 1. The first-order chi connectivity index (χ1) is 13.4. The number of aromatic nitrogens is 2. The molecule has 0 radical (unpaired) electrons. The van der Waals surface area contributed by atoms with Crippen molar-refractivity contribution >= 4 is 21.6 Å². The van der Waals surface area contributed by atoms with Crippen LogP contribution in [0, 0.1) is 17.8 Å². The van der Waals surface area contributed by atoms with Gasteiger partial charge in [0.15, 0.2) is 0 Å². The number of benzene rings is 1. The minimum atomic E-state index is -3.60. The summed E-state index contributed by atoms with van der Waals surface area (Å²) in [6, 6.07) is 6.08. The third-order valence-corrected chi connectivity index (χ3v) is 7.57.